The van der Waals surface area contributed by atoms with Gasteiger partial charge >= 0.3 is 5.97 Å². The summed E-state index contributed by atoms with van der Waals surface area (Å²) in [4.78, 5) is 24.1. The number of aromatic carboxylic acids is 1. The number of hydrogen-bond donors (Lipinski definition) is 2. The Kier molecular flexibility index (Phi) is 6.01. The minimum atomic E-state index is -1.05. The predicted octanol–water partition coefficient (Wildman–Crippen LogP) is 4.72. The van der Waals surface area contributed by atoms with Crippen molar-refractivity contribution in [1.29, 1.82) is 0 Å². The van der Waals surface area contributed by atoms with E-state index in [1.807, 2.05) is 45.0 Å². The maximum Gasteiger partial charge on any atom is 0.336 e. The van der Waals surface area contributed by atoms with E-state index >= 15 is 0 Å². The summed E-state index contributed by atoms with van der Waals surface area (Å²) in [7, 11) is 0. The molecule has 0 aliphatic rings. The summed E-state index contributed by atoms with van der Waals surface area (Å²) in [6, 6.07) is 12.4. The molecule has 2 rings (SSSR count). The molecule has 0 heterocycles. The largest absolute Gasteiger partial charge is 0.478 e. The number of rotatable bonds is 5. The van der Waals surface area contributed by atoms with Gasteiger partial charge in [-0.1, -0.05) is 67.0 Å². The fourth-order valence-corrected chi connectivity index (χ4v) is 2.93. The lowest BCUT2D eigenvalue weighted by molar-refractivity contribution is 0.0697. The van der Waals surface area contributed by atoms with Gasteiger partial charge in [0, 0.05) is 17.4 Å². The monoisotopic (exact) mass is 403 g/mol. The molecular weight excluding hydrogens is 382 g/mol. The van der Waals surface area contributed by atoms with Crippen LogP contribution in [0.3, 0.4) is 0 Å². The summed E-state index contributed by atoms with van der Waals surface area (Å²) in [5.74, 6) is -1.32. The Bertz CT molecular complexity index is 794. The van der Waals surface area contributed by atoms with Crippen LogP contribution in [0.4, 0.5) is 0 Å². The Morgan fingerprint density at radius 3 is 2.36 bits per heavy atom. The Morgan fingerprint density at radius 2 is 1.76 bits per heavy atom. The lowest BCUT2D eigenvalue weighted by Crippen LogP contribution is -2.32. The number of carbonyl (C=O) groups is 2. The summed E-state index contributed by atoms with van der Waals surface area (Å²) in [6.45, 7) is 6.59. The summed E-state index contributed by atoms with van der Waals surface area (Å²) >= 11 is 3.43. The number of hydrogen-bond acceptors (Lipinski definition) is 2. The highest BCUT2D eigenvalue weighted by Crippen LogP contribution is 2.29. The molecule has 0 bridgehead atoms. The molecule has 0 saturated carbocycles. The van der Waals surface area contributed by atoms with E-state index in [0.717, 1.165) is 11.1 Å². The molecule has 2 aromatic carbocycles. The normalized spacial score (nSPS) is 11.2. The first kappa shape index (κ1) is 19.2. The Morgan fingerprint density at radius 1 is 1.08 bits per heavy atom. The van der Waals surface area contributed by atoms with Crippen LogP contribution < -0.4 is 5.32 Å². The smallest absolute Gasteiger partial charge is 0.336 e. The molecule has 0 atom stereocenters. The van der Waals surface area contributed by atoms with Crippen LogP contribution in [0, 0.1) is 5.41 Å². The zero-order valence-electron chi connectivity index (χ0n) is 14.6. The molecule has 2 N–H and O–H groups in total. The summed E-state index contributed by atoms with van der Waals surface area (Å²) < 4.78 is 0. The molecule has 0 fully saturated rings. The van der Waals surface area contributed by atoms with Crippen LogP contribution in [0.5, 0.6) is 0 Å². The maximum atomic E-state index is 12.3. The van der Waals surface area contributed by atoms with Crippen molar-refractivity contribution in [3.05, 3.63) is 59.2 Å². The first-order valence-corrected chi connectivity index (χ1v) is 9.15. The standard InChI is InChI=1S/C20H22BrNO3/c1-20(2,3)12-22-18(23)13-8-9-16(17(10-13)19(24)25)15-7-5-4-6-14(15)11-21/h4-10H,11-12H2,1-3H3,(H,22,23)(H,24,25). The number of carboxylic acids is 1. The van der Waals surface area contributed by atoms with Crippen molar-refractivity contribution >= 4 is 27.8 Å². The molecule has 0 radical (unpaired) electrons. The van der Waals surface area contributed by atoms with Crippen LogP contribution in [0.2, 0.25) is 0 Å². The highest BCUT2D eigenvalue weighted by atomic mass is 79.9. The topological polar surface area (TPSA) is 66.4 Å². The van der Waals surface area contributed by atoms with Gasteiger partial charge in [-0.05, 0) is 34.2 Å². The van der Waals surface area contributed by atoms with Crippen molar-refractivity contribution in [2.45, 2.75) is 26.1 Å². The molecule has 25 heavy (non-hydrogen) atoms. The first-order chi connectivity index (χ1) is 11.7. The van der Waals surface area contributed by atoms with Crippen molar-refractivity contribution in [3.63, 3.8) is 0 Å². The molecule has 132 valence electrons. The number of nitrogens with one attached hydrogen (secondary N) is 1. The third kappa shape index (κ3) is 4.92. The lowest BCUT2D eigenvalue weighted by atomic mass is 9.94. The van der Waals surface area contributed by atoms with Gasteiger partial charge in [-0.2, -0.15) is 0 Å². The van der Waals surface area contributed by atoms with Gasteiger partial charge in [0.25, 0.3) is 5.91 Å². The van der Waals surface area contributed by atoms with E-state index in [9.17, 15) is 14.7 Å². The lowest BCUT2D eigenvalue weighted by Gasteiger charge is -2.19. The van der Waals surface area contributed by atoms with E-state index in [1.165, 1.54) is 6.07 Å². The van der Waals surface area contributed by atoms with E-state index in [-0.39, 0.29) is 16.9 Å². The predicted molar refractivity (Wildman–Crippen MR) is 103 cm³/mol. The fourth-order valence-electron chi connectivity index (χ4n) is 2.44. The van der Waals surface area contributed by atoms with Gasteiger partial charge in [-0.25, -0.2) is 4.79 Å². The molecule has 0 aliphatic carbocycles. The first-order valence-electron chi connectivity index (χ1n) is 8.03. The van der Waals surface area contributed by atoms with E-state index in [0.29, 0.717) is 23.0 Å². The molecule has 2 aromatic rings. The average molecular weight is 404 g/mol. The molecule has 0 aromatic heterocycles. The van der Waals surface area contributed by atoms with Crippen LogP contribution >= 0.6 is 15.9 Å². The minimum Gasteiger partial charge on any atom is -0.478 e. The second kappa shape index (κ2) is 7.83. The van der Waals surface area contributed by atoms with Gasteiger partial charge in [0.1, 0.15) is 0 Å². The number of alkyl halides is 1. The Balaban J connectivity index is 2.42. The minimum absolute atomic E-state index is 0.0416. The Hall–Kier alpha value is -2.14. The SMILES string of the molecule is CC(C)(C)CNC(=O)c1ccc(-c2ccccc2CBr)c(C(=O)O)c1. The summed E-state index contributed by atoms with van der Waals surface area (Å²) in [5.41, 5.74) is 2.88. The van der Waals surface area contributed by atoms with Crippen LogP contribution in [0.15, 0.2) is 42.5 Å². The summed E-state index contributed by atoms with van der Waals surface area (Å²) in [5, 5.41) is 13.1. The van der Waals surface area contributed by atoms with Crippen molar-refractivity contribution in [3.8, 4) is 11.1 Å². The molecule has 4 nitrogen and oxygen atoms in total. The van der Waals surface area contributed by atoms with Crippen molar-refractivity contribution in [1.82, 2.24) is 5.32 Å². The van der Waals surface area contributed by atoms with Crippen LogP contribution in [-0.2, 0) is 5.33 Å². The molecule has 0 unspecified atom stereocenters. The van der Waals surface area contributed by atoms with Crippen LogP contribution in [0.25, 0.3) is 11.1 Å². The third-order valence-corrected chi connectivity index (χ3v) is 4.35. The van der Waals surface area contributed by atoms with Crippen LogP contribution in [0.1, 0.15) is 47.1 Å². The maximum absolute atomic E-state index is 12.3. The van der Waals surface area contributed by atoms with Gasteiger partial charge in [-0.15, -0.1) is 0 Å². The number of halogens is 1. The van der Waals surface area contributed by atoms with Gasteiger partial charge < -0.3 is 10.4 Å². The number of carbonyl (C=O) groups excluding carboxylic acids is 1. The van der Waals surface area contributed by atoms with Crippen molar-refractivity contribution in [2.24, 2.45) is 5.41 Å². The zero-order chi connectivity index (χ0) is 18.6. The second-order valence-electron chi connectivity index (χ2n) is 7.10. The molecule has 5 heteroatoms. The number of benzene rings is 2. The fraction of sp³-hybridized carbons (Fsp3) is 0.300. The van der Waals surface area contributed by atoms with Gasteiger partial charge in [0.05, 0.1) is 5.56 Å². The van der Waals surface area contributed by atoms with Crippen molar-refractivity contribution < 1.29 is 14.7 Å². The average Bonchev–Trinajstić information content (AvgIpc) is 2.58. The third-order valence-electron chi connectivity index (χ3n) is 3.74. The highest BCUT2D eigenvalue weighted by molar-refractivity contribution is 9.08. The van der Waals surface area contributed by atoms with Gasteiger partial charge in [0.15, 0.2) is 0 Å². The van der Waals surface area contributed by atoms with E-state index in [4.69, 9.17) is 0 Å². The Labute approximate surface area is 156 Å². The van der Waals surface area contributed by atoms with E-state index in [2.05, 4.69) is 21.2 Å². The van der Waals surface area contributed by atoms with Crippen LogP contribution in [-0.4, -0.2) is 23.5 Å². The molecule has 1 amide bonds. The number of amides is 1. The molecule has 0 saturated heterocycles. The quantitative estimate of drug-likeness (QED) is 0.709. The van der Waals surface area contributed by atoms with Gasteiger partial charge in [0.2, 0.25) is 0 Å². The molecular formula is C20H22BrNO3. The zero-order valence-corrected chi connectivity index (χ0v) is 16.2. The summed E-state index contributed by atoms with van der Waals surface area (Å²) in [6.07, 6.45) is 0. The van der Waals surface area contributed by atoms with Gasteiger partial charge in [-0.3, -0.25) is 4.79 Å². The molecule has 0 spiro atoms. The van der Waals surface area contributed by atoms with E-state index < -0.39 is 5.97 Å². The molecule has 0 aliphatic heterocycles. The van der Waals surface area contributed by atoms with E-state index in [1.54, 1.807) is 12.1 Å². The highest BCUT2D eigenvalue weighted by Gasteiger charge is 2.18. The number of carboxylic acid groups (broad SMARTS) is 1. The van der Waals surface area contributed by atoms with Crippen molar-refractivity contribution in [2.75, 3.05) is 6.54 Å². The second-order valence-corrected chi connectivity index (χ2v) is 7.66.